The molecule has 2 fully saturated rings. The minimum Gasteiger partial charge on any atom is -0.375 e. The Morgan fingerprint density at radius 3 is 2.27 bits per heavy atom. The third kappa shape index (κ3) is 2.10. The van der Waals surface area contributed by atoms with Crippen LogP contribution in [0.1, 0.15) is 12.0 Å². The van der Waals surface area contributed by atoms with E-state index in [0.717, 1.165) is 12.0 Å². The number of hydrogen-bond acceptors (Lipinski definition) is 3. The number of ether oxygens (including phenoxy) is 1. The smallest absolute Gasteiger partial charge is 0.233 e. The van der Waals surface area contributed by atoms with Crippen LogP contribution < -0.4 is 0 Å². The fraction of sp³-hybridized carbons (Fsp3) is 0.444. The number of hydrogen-bond donors (Lipinski definition) is 0. The van der Waals surface area contributed by atoms with Crippen molar-refractivity contribution in [3.05, 3.63) is 48.0 Å². The molecule has 0 radical (unpaired) electrons. The zero-order valence-corrected chi connectivity index (χ0v) is 12.4. The van der Waals surface area contributed by atoms with Crippen LogP contribution in [-0.4, -0.2) is 29.9 Å². The molecule has 4 heteroatoms. The number of allylic oxidation sites excluding steroid dienone is 2. The van der Waals surface area contributed by atoms with Crippen LogP contribution in [0.2, 0.25) is 0 Å². The zero-order valence-electron chi connectivity index (χ0n) is 12.4. The number of likely N-dealkylation sites (tertiary alicyclic amines) is 1. The molecular formula is C18H19NO3. The van der Waals surface area contributed by atoms with Gasteiger partial charge in [0, 0.05) is 0 Å². The third-order valence-corrected chi connectivity index (χ3v) is 5.13. The normalized spacial score (nSPS) is 32.1. The van der Waals surface area contributed by atoms with Gasteiger partial charge in [0.25, 0.3) is 0 Å². The summed E-state index contributed by atoms with van der Waals surface area (Å²) < 4.78 is 5.61. The summed E-state index contributed by atoms with van der Waals surface area (Å²) in [6, 6.07) is 9.90. The molecule has 2 bridgehead atoms. The Morgan fingerprint density at radius 1 is 1.00 bits per heavy atom. The summed E-state index contributed by atoms with van der Waals surface area (Å²) in [6.07, 6.45) is 5.21. The van der Waals surface area contributed by atoms with Crippen LogP contribution in [0.15, 0.2) is 42.5 Å². The highest BCUT2D eigenvalue weighted by Crippen LogP contribution is 2.52. The largest absolute Gasteiger partial charge is 0.375 e. The summed E-state index contributed by atoms with van der Waals surface area (Å²) in [7, 11) is 0. The van der Waals surface area contributed by atoms with Gasteiger partial charge in [0.15, 0.2) is 0 Å². The van der Waals surface area contributed by atoms with Crippen molar-refractivity contribution in [1.82, 2.24) is 4.90 Å². The Kier molecular flexibility index (Phi) is 3.34. The molecule has 22 heavy (non-hydrogen) atoms. The Balaban J connectivity index is 1.33. The summed E-state index contributed by atoms with van der Waals surface area (Å²) in [5.41, 5.74) is 1.10. The monoisotopic (exact) mass is 297 g/mol. The number of carbonyl (C=O) groups excluding carboxylic acids is 2. The van der Waals surface area contributed by atoms with E-state index >= 15 is 0 Å². The van der Waals surface area contributed by atoms with Crippen LogP contribution in [0.25, 0.3) is 0 Å². The molecule has 2 amide bonds. The van der Waals surface area contributed by atoms with Crippen molar-refractivity contribution in [1.29, 1.82) is 0 Å². The van der Waals surface area contributed by atoms with E-state index in [9.17, 15) is 9.59 Å². The topological polar surface area (TPSA) is 46.6 Å². The maximum Gasteiger partial charge on any atom is 0.233 e. The van der Waals surface area contributed by atoms with Crippen LogP contribution in [-0.2, 0) is 20.9 Å². The maximum atomic E-state index is 12.5. The van der Waals surface area contributed by atoms with Gasteiger partial charge in [-0.05, 0) is 23.8 Å². The van der Waals surface area contributed by atoms with Crippen molar-refractivity contribution < 1.29 is 14.3 Å². The van der Waals surface area contributed by atoms with Crippen LogP contribution in [0, 0.1) is 23.7 Å². The second kappa shape index (κ2) is 5.36. The van der Waals surface area contributed by atoms with Crippen molar-refractivity contribution in [3.8, 4) is 0 Å². The molecule has 114 valence electrons. The Hall–Kier alpha value is -1.94. The number of fused-ring (bicyclic) bond motifs is 5. The van der Waals surface area contributed by atoms with Crippen molar-refractivity contribution in [2.75, 3.05) is 13.2 Å². The zero-order chi connectivity index (χ0) is 15.1. The van der Waals surface area contributed by atoms with Gasteiger partial charge < -0.3 is 4.74 Å². The summed E-state index contributed by atoms with van der Waals surface area (Å²) in [6.45, 7) is 1.28. The molecule has 1 saturated carbocycles. The van der Waals surface area contributed by atoms with E-state index in [0.29, 0.717) is 19.8 Å². The highest BCUT2D eigenvalue weighted by atomic mass is 16.5. The fourth-order valence-corrected chi connectivity index (χ4v) is 4.10. The van der Waals surface area contributed by atoms with Gasteiger partial charge in [-0.1, -0.05) is 42.5 Å². The van der Waals surface area contributed by atoms with Crippen molar-refractivity contribution in [3.63, 3.8) is 0 Å². The standard InChI is InChI=1S/C18H19NO3/c20-17-15-13-6-7-14(10-13)16(15)18(21)19(17)8-9-22-11-12-4-2-1-3-5-12/h1-7,13-16H,8-11H2/t13-,14+,15-,16-/m0/s1. The number of benzene rings is 1. The first kappa shape index (κ1) is 13.7. The number of amides is 2. The van der Waals surface area contributed by atoms with Crippen LogP contribution in [0.4, 0.5) is 0 Å². The van der Waals surface area contributed by atoms with Gasteiger partial charge in [-0.25, -0.2) is 0 Å². The summed E-state index contributed by atoms with van der Waals surface area (Å²) in [5.74, 6) is 0.377. The van der Waals surface area contributed by atoms with E-state index in [-0.39, 0.29) is 35.5 Å². The maximum absolute atomic E-state index is 12.5. The molecule has 2 aliphatic carbocycles. The van der Waals surface area contributed by atoms with E-state index in [4.69, 9.17) is 4.74 Å². The lowest BCUT2D eigenvalue weighted by Gasteiger charge is -2.17. The second-order valence-electron chi connectivity index (χ2n) is 6.37. The molecule has 4 rings (SSSR count). The number of imide groups is 1. The summed E-state index contributed by atoms with van der Waals surface area (Å²) in [5, 5.41) is 0. The molecule has 1 aromatic rings. The Morgan fingerprint density at radius 2 is 1.64 bits per heavy atom. The SMILES string of the molecule is O=C1[C@@H]2[C@@H](C(=O)N1CCOCc1ccccc1)[C@H]1C=C[C@@H]2C1. The van der Waals surface area contributed by atoms with E-state index in [1.807, 2.05) is 30.3 Å². The average Bonchev–Trinajstić information content (AvgIpc) is 3.21. The van der Waals surface area contributed by atoms with E-state index in [1.54, 1.807) is 0 Å². The molecule has 0 spiro atoms. The third-order valence-electron chi connectivity index (χ3n) is 5.13. The van der Waals surface area contributed by atoms with E-state index in [1.165, 1.54) is 4.90 Å². The van der Waals surface area contributed by atoms with Crippen LogP contribution in [0.5, 0.6) is 0 Å². The number of carbonyl (C=O) groups is 2. The molecule has 0 N–H and O–H groups in total. The molecule has 0 aromatic heterocycles. The van der Waals surface area contributed by atoms with Crippen molar-refractivity contribution >= 4 is 11.8 Å². The van der Waals surface area contributed by atoms with E-state index in [2.05, 4.69) is 12.2 Å². The first-order chi connectivity index (χ1) is 10.8. The first-order valence-corrected chi connectivity index (χ1v) is 7.91. The fourth-order valence-electron chi connectivity index (χ4n) is 4.10. The lowest BCUT2D eigenvalue weighted by atomic mass is 9.85. The Bertz CT molecular complexity index is 594. The minimum atomic E-state index is -0.100. The number of nitrogens with zero attached hydrogens (tertiary/aromatic N) is 1. The average molecular weight is 297 g/mol. The summed E-state index contributed by atoms with van der Waals surface area (Å²) >= 11 is 0. The molecular weight excluding hydrogens is 278 g/mol. The second-order valence-corrected chi connectivity index (χ2v) is 6.37. The quantitative estimate of drug-likeness (QED) is 0.474. The molecule has 4 nitrogen and oxygen atoms in total. The van der Waals surface area contributed by atoms with Gasteiger partial charge >= 0.3 is 0 Å². The predicted octanol–water partition coefficient (Wildman–Crippen LogP) is 2.01. The molecule has 1 saturated heterocycles. The van der Waals surface area contributed by atoms with Gasteiger partial charge in [-0.3, -0.25) is 14.5 Å². The molecule has 1 aliphatic heterocycles. The van der Waals surface area contributed by atoms with Crippen LogP contribution >= 0.6 is 0 Å². The molecule has 3 aliphatic rings. The minimum absolute atomic E-state index is 0.00941. The van der Waals surface area contributed by atoms with Gasteiger partial charge in [0.2, 0.25) is 11.8 Å². The molecule has 1 aromatic carbocycles. The molecule has 1 heterocycles. The first-order valence-electron chi connectivity index (χ1n) is 7.91. The number of rotatable bonds is 5. The van der Waals surface area contributed by atoms with Gasteiger partial charge in [-0.2, -0.15) is 0 Å². The van der Waals surface area contributed by atoms with E-state index < -0.39 is 0 Å². The van der Waals surface area contributed by atoms with Gasteiger partial charge in [0.05, 0.1) is 31.6 Å². The predicted molar refractivity (Wildman–Crippen MR) is 80.5 cm³/mol. The van der Waals surface area contributed by atoms with Crippen molar-refractivity contribution in [2.24, 2.45) is 23.7 Å². The van der Waals surface area contributed by atoms with Crippen molar-refractivity contribution in [2.45, 2.75) is 13.0 Å². The highest BCUT2D eigenvalue weighted by molar-refractivity contribution is 6.06. The van der Waals surface area contributed by atoms with Gasteiger partial charge in [0.1, 0.15) is 0 Å². The van der Waals surface area contributed by atoms with Crippen LogP contribution in [0.3, 0.4) is 0 Å². The highest BCUT2D eigenvalue weighted by Gasteiger charge is 2.58. The lowest BCUT2D eigenvalue weighted by Crippen LogP contribution is -2.35. The summed E-state index contributed by atoms with van der Waals surface area (Å²) in [4.78, 5) is 26.4. The Labute approximate surface area is 129 Å². The molecule has 4 atom stereocenters. The lowest BCUT2D eigenvalue weighted by molar-refractivity contribution is -0.141. The molecule has 0 unspecified atom stereocenters. The van der Waals surface area contributed by atoms with Gasteiger partial charge in [-0.15, -0.1) is 0 Å².